The lowest BCUT2D eigenvalue weighted by Gasteiger charge is -2.20. The van der Waals surface area contributed by atoms with E-state index in [4.69, 9.17) is 9.97 Å². The Morgan fingerprint density at radius 3 is 2.33 bits per heavy atom. The Balaban J connectivity index is 1.64. The first-order valence-corrected chi connectivity index (χ1v) is 11.9. The van der Waals surface area contributed by atoms with Gasteiger partial charge in [-0.3, -0.25) is 0 Å². The van der Waals surface area contributed by atoms with Crippen molar-refractivity contribution in [3.8, 4) is 0 Å². The van der Waals surface area contributed by atoms with Crippen molar-refractivity contribution in [2.24, 2.45) is 0 Å². The lowest BCUT2D eigenvalue weighted by atomic mass is 10.1. The Kier molecular flexibility index (Phi) is 4.48. The molecule has 0 saturated carbocycles. The Morgan fingerprint density at radius 2 is 1.67 bits per heavy atom. The molecule has 1 aliphatic rings. The van der Waals surface area contributed by atoms with Gasteiger partial charge in [-0.2, -0.15) is 0 Å². The fourth-order valence-corrected chi connectivity index (χ4v) is 5.74. The summed E-state index contributed by atoms with van der Waals surface area (Å²) in [6.45, 7) is 4.65. The Hall–Kier alpha value is -2.97. The smallest absolute Gasteiger partial charge is 0.267 e. The van der Waals surface area contributed by atoms with E-state index in [1.165, 1.54) is 4.31 Å². The zero-order valence-electron chi connectivity index (χ0n) is 16.6. The molecular formula is C22H20N4O2S2. The first kappa shape index (κ1) is 19.0. The largest absolute Gasteiger partial charge is 0.329 e. The topological polar surface area (TPSA) is 66.4 Å². The number of anilines is 2. The number of rotatable bonds is 4. The Labute approximate surface area is 179 Å². The average molecular weight is 437 g/mol. The van der Waals surface area contributed by atoms with Gasteiger partial charge in [0.2, 0.25) is 0 Å². The van der Waals surface area contributed by atoms with Crippen molar-refractivity contribution in [3.63, 3.8) is 0 Å². The van der Waals surface area contributed by atoms with Crippen LogP contribution in [-0.2, 0) is 16.6 Å². The minimum absolute atomic E-state index is 0.179. The van der Waals surface area contributed by atoms with Crippen LogP contribution in [0.4, 0.5) is 11.6 Å². The highest BCUT2D eigenvalue weighted by Gasteiger charge is 2.38. The van der Waals surface area contributed by atoms with Gasteiger partial charge in [0.25, 0.3) is 10.0 Å². The Bertz CT molecular complexity index is 1350. The summed E-state index contributed by atoms with van der Waals surface area (Å²) in [5, 5.41) is 2.02. The average Bonchev–Trinajstić information content (AvgIpc) is 3.37. The van der Waals surface area contributed by atoms with E-state index in [1.807, 2.05) is 66.6 Å². The molecule has 152 valence electrons. The van der Waals surface area contributed by atoms with E-state index >= 15 is 0 Å². The van der Waals surface area contributed by atoms with Gasteiger partial charge in [-0.1, -0.05) is 24.3 Å². The zero-order chi connectivity index (χ0) is 20.9. The number of hydrogen-bond acceptors (Lipinski definition) is 6. The van der Waals surface area contributed by atoms with Crippen molar-refractivity contribution in [1.82, 2.24) is 9.97 Å². The van der Waals surface area contributed by atoms with Gasteiger partial charge in [0.15, 0.2) is 11.6 Å². The van der Waals surface area contributed by atoms with Crippen molar-refractivity contribution in [2.75, 3.05) is 15.9 Å². The van der Waals surface area contributed by atoms with Crippen LogP contribution < -0.4 is 9.21 Å². The summed E-state index contributed by atoms with van der Waals surface area (Å²) in [7, 11) is -3.78. The summed E-state index contributed by atoms with van der Waals surface area (Å²) in [6.07, 6.45) is 0. The van der Waals surface area contributed by atoms with Gasteiger partial charge < -0.3 is 4.90 Å². The van der Waals surface area contributed by atoms with E-state index in [0.717, 1.165) is 21.5 Å². The highest BCUT2D eigenvalue weighted by atomic mass is 32.2. The van der Waals surface area contributed by atoms with E-state index < -0.39 is 10.0 Å². The molecule has 2 aromatic heterocycles. The molecule has 3 heterocycles. The van der Waals surface area contributed by atoms with Gasteiger partial charge in [0.05, 0.1) is 22.5 Å². The number of sulfonamides is 1. The van der Waals surface area contributed by atoms with Crippen molar-refractivity contribution >= 4 is 44.0 Å². The monoisotopic (exact) mass is 436 g/mol. The zero-order valence-corrected chi connectivity index (χ0v) is 18.2. The van der Waals surface area contributed by atoms with Gasteiger partial charge in [-0.05, 0) is 60.7 Å². The van der Waals surface area contributed by atoms with E-state index in [2.05, 4.69) is 0 Å². The number of benzene rings is 2. The standard InChI is InChI=1S/C22H20N4O2S2/c1-15-9-10-18(12-16(15)2)30(27,28)26-14-25(13-17-6-5-11-29-17)21-22(26)24-20-8-4-3-7-19(20)23-21/h3-12H,13-14H2,1-2H3. The van der Waals surface area contributed by atoms with Gasteiger partial charge >= 0.3 is 0 Å². The molecule has 0 radical (unpaired) electrons. The second-order valence-corrected chi connectivity index (χ2v) is 10.3. The minimum atomic E-state index is -3.78. The minimum Gasteiger partial charge on any atom is -0.329 e. The summed E-state index contributed by atoms with van der Waals surface area (Å²) in [5.74, 6) is 0.970. The molecule has 0 atom stereocenters. The third kappa shape index (κ3) is 3.12. The summed E-state index contributed by atoms with van der Waals surface area (Å²) in [6, 6.07) is 16.8. The number of fused-ring (bicyclic) bond motifs is 2. The van der Waals surface area contributed by atoms with Crippen molar-refractivity contribution < 1.29 is 8.42 Å². The molecule has 0 saturated heterocycles. The Morgan fingerprint density at radius 1 is 0.933 bits per heavy atom. The molecule has 0 spiro atoms. The van der Waals surface area contributed by atoms with E-state index in [0.29, 0.717) is 23.7 Å². The van der Waals surface area contributed by atoms with Crippen molar-refractivity contribution in [2.45, 2.75) is 25.3 Å². The number of para-hydroxylation sites is 2. The molecule has 6 nitrogen and oxygen atoms in total. The molecule has 0 bridgehead atoms. The molecule has 2 aromatic carbocycles. The molecule has 8 heteroatoms. The number of thiophene rings is 1. The van der Waals surface area contributed by atoms with E-state index in [-0.39, 0.29) is 11.6 Å². The second kappa shape index (κ2) is 7.07. The van der Waals surface area contributed by atoms with Crippen LogP contribution in [0.15, 0.2) is 64.9 Å². The van der Waals surface area contributed by atoms with Crippen LogP contribution in [0.1, 0.15) is 16.0 Å². The third-order valence-corrected chi connectivity index (χ3v) is 7.94. The summed E-state index contributed by atoms with van der Waals surface area (Å²) < 4.78 is 28.5. The quantitative estimate of drug-likeness (QED) is 0.472. The van der Waals surface area contributed by atoms with Crippen molar-refractivity contribution in [3.05, 3.63) is 76.0 Å². The van der Waals surface area contributed by atoms with E-state index in [1.54, 1.807) is 23.5 Å². The third-order valence-electron chi connectivity index (χ3n) is 5.36. The van der Waals surface area contributed by atoms with Crippen molar-refractivity contribution in [1.29, 1.82) is 0 Å². The van der Waals surface area contributed by atoms with Gasteiger partial charge in [0.1, 0.15) is 6.67 Å². The predicted molar refractivity (Wildman–Crippen MR) is 120 cm³/mol. The molecule has 5 rings (SSSR count). The molecule has 0 fully saturated rings. The lowest BCUT2D eigenvalue weighted by Crippen LogP contribution is -2.35. The molecule has 1 aliphatic heterocycles. The SMILES string of the molecule is Cc1ccc(S(=O)(=O)N2CN(Cc3cccs3)c3nc4ccccc4nc32)cc1C. The summed E-state index contributed by atoms with van der Waals surface area (Å²) >= 11 is 1.64. The summed E-state index contributed by atoms with van der Waals surface area (Å²) in [5.41, 5.74) is 3.42. The van der Waals surface area contributed by atoms with Gasteiger partial charge in [-0.25, -0.2) is 22.7 Å². The normalized spacial score (nSPS) is 13.8. The first-order valence-electron chi connectivity index (χ1n) is 9.57. The van der Waals surface area contributed by atoms with E-state index in [9.17, 15) is 8.42 Å². The van der Waals surface area contributed by atoms with Gasteiger partial charge in [0, 0.05) is 4.88 Å². The molecule has 30 heavy (non-hydrogen) atoms. The number of nitrogens with zero attached hydrogens (tertiary/aromatic N) is 4. The maximum absolute atomic E-state index is 13.6. The van der Waals surface area contributed by atoms with Gasteiger partial charge in [-0.15, -0.1) is 11.3 Å². The predicted octanol–water partition coefficient (Wildman–Crippen LogP) is 4.48. The molecule has 0 unspecified atom stereocenters. The number of hydrogen-bond donors (Lipinski definition) is 0. The molecular weight excluding hydrogens is 416 g/mol. The van der Waals surface area contributed by atoms with Crippen LogP contribution in [0.2, 0.25) is 0 Å². The fourth-order valence-electron chi connectivity index (χ4n) is 3.56. The highest BCUT2D eigenvalue weighted by Crippen LogP contribution is 2.38. The maximum Gasteiger partial charge on any atom is 0.267 e. The highest BCUT2D eigenvalue weighted by molar-refractivity contribution is 7.92. The molecule has 0 aliphatic carbocycles. The van der Waals surface area contributed by atoms with Crippen LogP contribution in [-0.4, -0.2) is 25.1 Å². The number of aryl methyl sites for hydroxylation is 2. The molecule has 0 amide bonds. The summed E-state index contributed by atoms with van der Waals surface area (Å²) in [4.78, 5) is 12.8. The fraction of sp³-hybridized carbons (Fsp3) is 0.182. The number of aromatic nitrogens is 2. The lowest BCUT2D eigenvalue weighted by molar-refractivity contribution is 0.590. The van der Waals surface area contributed by atoms with Crippen LogP contribution in [0, 0.1) is 13.8 Å². The second-order valence-electron chi connectivity index (χ2n) is 7.38. The maximum atomic E-state index is 13.6. The van der Waals surface area contributed by atoms with Crippen LogP contribution in [0.3, 0.4) is 0 Å². The molecule has 0 N–H and O–H groups in total. The van der Waals surface area contributed by atoms with Crippen LogP contribution in [0.5, 0.6) is 0 Å². The van der Waals surface area contributed by atoms with Crippen LogP contribution >= 0.6 is 11.3 Å². The molecule has 4 aromatic rings. The van der Waals surface area contributed by atoms with Crippen LogP contribution in [0.25, 0.3) is 11.0 Å². The first-order chi connectivity index (χ1) is 14.4.